The predicted molar refractivity (Wildman–Crippen MR) is 78.5 cm³/mol. The highest BCUT2D eigenvalue weighted by Crippen LogP contribution is 2.24. The van der Waals surface area contributed by atoms with Gasteiger partial charge in [0, 0.05) is 32.2 Å². The van der Waals surface area contributed by atoms with E-state index in [-0.39, 0.29) is 30.6 Å². The molecular weight excluding hydrogens is 274 g/mol. The number of hydrogen-bond donors (Lipinski definition) is 1. The van der Waals surface area contributed by atoms with Crippen molar-refractivity contribution in [3.63, 3.8) is 0 Å². The highest BCUT2D eigenvalue weighted by Gasteiger charge is 2.19. The fourth-order valence-corrected chi connectivity index (χ4v) is 2.34. The zero-order chi connectivity index (χ0) is 11.5. The van der Waals surface area contributed by atoms with Gasteiger partial charge in [0.15, 0.2) is 0 Å². The second-order valence-electron chi connectivity index (χ2n) is 4.42. The van der Waals surface area contributed by atoms with Crippen molar-refractivity contribution in [1.82, 2.24) is 10.2 Å². The van der Waals surface area contributed by atoms with Crippen LogP contribution in [0, 0.1) is 12.7 Å². The number of piperazine rings is 1. The lowest BCUT2D eigenvalue weighted by Gasteiger charge is -2.33. The molecule has 0 aromatic heterocycles. The fourth-order valence-electron chi connectivity index (χ4n) is 2.34. The van der Waals surface area contributed by atoms with Crippen molar-refractivity contribution in [2.75, 3.05) is 26.2 Å². The van der Waals surface area contributed by atoms with Crippen LogP contribution in [0.5, 0.6) is 0 Å². The van der Waals surface area contributed by atoms with Crippen molar-refractivity contribution in [3.8, 4) is 0 Å². The third-order valence-corrected chi connectivity index (χ3v) is 3.46. The van der Waals surface area contributed by atoms with Crippen LogP contribution < -0.4 is 5.32 Å². The molecule has 18 heavy (non-hydrogen) atoms. The topological polar surface area (TPSA) is 15.3 Å². The Bertz CT molecular complexity index is 368. The highest BCUT2D eigenvalue weighted by molar-refractivity contribution is 5.85. The van der Waals surface area contributed by atoms with Gasteiger partial charge in [-0.05, 0) is 31.0 Å². The van der Waals surface area contributed by atoms with Crippen molar-refractivity contribution in [2.45, 2.75) is 19.9 Å². The van der Waals surface area contributed by atoms with Gasteiger partial charge in [-0.15, -0.1) is 24.8 Å². The van der Waals surface area contributed by atoms with E-state index in [1.165, 1.54) is 6.07 Å². The molecule has 1 atom stereocenters. The second-order valence-corrected chi connectivity index (χ2v) is 4.42. The Morgan fingerprint density at radius 1 is 1.22 bits per heavy atom. The summed E-state index contributed by atoms with van der Waals surface area (Å²) in [6, 6.07) is 5.67. The summed E-state index contributed by atoms with van der Waals surface area (Å²) in [6.07, 6.45) is 0. The van der Waals surface area contributed by atoms with Crippen LogP contribution in [-0.2, 0) is 0 Å². The molecule has 0 amide bonds. The van der Waals surface area contributed by atoms with Gasteiger partial charge in [-0.3, -0.25) is 4.90 Å². The molecule has 2 nitrogen and oxygen atoms in total. The Kier molecular flexibility index (Phi) is 7.79. The van der Waals surface area contributed by atoms with Gasteiger partial charge in [-0.1, -0.05) is 12.1 Å². The molecule has 1 aromatic carbocycles. The van der Waals surface area contributed by atoms with Crippen LogP contribution in [0.3, 0.4) is 0 Å². The Balaban J connectivity index is 0.00000144. The molecule has 0 bridgehead atoms. The highest BCUT2D eigenvalue weighted by atomic mass is 35.5. The van der Waals surface area contributed by atoms with Gasteiger partial charge in [0.25, 0.3) is 0 Å². The maximum absolute atomic E-state index is 13.5. The molecule has 1 fully saturated rings. The normalized spacial score (nSPS) is 17.5. The van der Waals surface area contributed by atoms with E-state index in [9.17, 15) is 4.39 Å². The van der Waals surface area contributed by atoms with Gasteiger partial charge < -0.3 is 5.32 Å². The molecular formula is C13H21Cl2FN2. The molecule has 2 rings (SSSR count). The van der Waals surface area contributed by atoms with E-state index in [4.69, 9.17) is 0 Å². The standard InChI is InChI=1S/C13H19FN2.2ClH/c1-10-12(4-3-5-13(10)14)11(2)16-8-6-15-7-9-16;;/h3-5,11,15H,6-9H2,1-2H3;2*1H/t11-;;/m0../s1. The first-order chi connectivity index (χ1) is 7.70. The minimum absolute atomic E-state index is 0. The number of nitrogens with one attached hydrogen (secondary N) is 1. The molecule has 0 unspecified atom stereocenters. The lowest BCUT2D eigenvalue weighted by Crippen LogP contribution is -2.44. The van der Waals surface area contributed by atoms with E-state index in [1.54, 1.807) is 6.07 Å². The van der Waals surface area contributed by atoms with E-state index in [0.29, 0.717) is 6.04 Å². The van der Waals surface area contributed by atoms with Crippen molar-refractivity contribution in [3.05, 3.63) is 35.1 Å². The smallest absolute Gasteiger partial charge is 0.126 e. The molecule has 0 spiro atoms. The van der Waals surface area contributed by atoms with Crippen LogP contribution in [0.2, 0.25) is 0 Å². The van der Waals surface area contributed by atoms with E-state index in [0.717, 1.165) is 37.3 Å². The second kappa shape index (κ2) is 7.95. The molecule has 1 heterocycles. The van der Waals surface area contributed by atoms with Gasteiger partial charge in [-0.25, -0.2) is 4.39 Å². The summed E-state index contributed by atoms with van der Waals surface area (Å²) >= 11 is 0. The molecule has 1 saturated heterocycles. The van der Waals surface area contributed by atoms with E-state index >= 15 is 0 Å². The molecule has 104 valence electrons. The Labute approximate surface area is 121 Å². The quantitative estimate of drug-likeness (QED) is 0.902. The molecule has 5 heteroatoms. The molecule has 0 radical (unpaired) electrons. The first-order valence-electron chi connectivity index (χ1n) is 5.90. The monoisotopic (exact) mass is 294 g/mol. The lowest BCUT2D eigenvalue weighted by atomic mass is 10.0. The summed E-state index contributed by atoms with van der Waals surface area (Å²) in [5, 5.41) is 3.33. The van der Waals surface area contributed by atoms with Crippen LogP contribution in [0.15, 0.2) is 18.2 Å². The van der Waals surface area contributed by atoms with Crippen molar-refractivity contribution < 1.29 is 4.39 Å². The molecule has 0 saturated carbocycles. The molecule has 1 aliphatic rings. The summed E-state index contributed by atoms with van der Waals surface area (Å²) in [6.45, 7) is 8.15. The summed E-state index contributed by atoms with van der Waals surface area (Å²) < 4.78 is 13.5. The lowest BCUT2D eigenvalue weighted by molar-refractivity contribution is 0.185. The number of halogens is 3. The number of benzene rings is 1. The summed E-state index contributed by atoms with van der Waals surface area (Å²) in [5.74, 6) is -0.0977. The van der Waals surface area contributed by atoms with Gasteiger partial charge in [0.1, 0.15) is 5.82 Å². The minimum Gasteiger partial charge on any atom is -0.314 e. The van der Waals surface area contributed by atoms with Crippen molar-refractivity contribution >= 4 is 24.8 Å². The molecule has 0 aliphatic carbocycles. The van der Waals surface area contributed by atoms with E-state index < -0.39 is 0 Å². The van der Waals surface area contributed by atoms with Crippen molar-refractivity contribution in [1.29, 1.82) is 0 Å². The molecule has 1 aromatic rings. The van der Waals surface area contributed by atoms with Crippen LogP contribution >= 0.6 is 24.8 Å². The number of hydrogen-bond acceptors (Lipinski definition) is 2. The summed E-state index contributed by atoms with van der Waals surface area (Å²) in [7, 11) is 0. The van der Waals surface area contributed by atoms with Crippen LogP contribution in [0.25, 0.3) is 0 Å². The van der Waals surface area contributed by atoms with Gasteiger partial charge in [-0.2, -0.15) is 0 Å². The first kappa shape index (κ1) is 17.6. The van der Waals surface area contributed by atoms with Crippen molar-refractivity contribution in [2.24, 2.45) is 0 Å². The van der Waals surface area contributed by atoms with Crippen LogP contribution in [-0.4, -0.2) is 31.1 Å². The maximum Gasteiger partial charge on any atom is 0.126 e. The summed E-state index contributed by atoms with van der Waals surface area (Å²) in [4.78, 5) is 2.40. The predicted octanol–water partition coefficient (Wildman–Crippen LogP) is 2.94. The average Bonchev–Trinajstić information content (AvgIpc) is 2.33. The summed E-state index contributed by atoms with van der Waals surface area (Å²) in [5.41, 5.74) is 1.90. The third-order valence-electron chi connectivity index (χ3n) is 3.46. The first-order valence-corrected chi connectivity index (χ1v) is 5.90. The minimum atomic E-state index is -0.0977. The Hall–Kier alpha value is -0.350. The third kappa shape index (κ3) is 3.82. The van der Waals surface area contributed by atoms with Gasteiger partial charge in [0.05, 0.1) is 0 Å². The van der Waals surface area contributed by atoms with Gasteiger partial charge >= 0.3 is 0 Å². The average molecular weight is 295 g/mol. The Morgan fingerprint density at radius 3 is 2.44 bits per heavy atom. The zero-order valence-corrected chi connectivity index (χ0v) is 12.4. The van der Waals surface area contributed by atoms with E-state index in [1.807, 2.05) is 13.0 Å². The number of rotatable bonds is 2. The van der Waals surface area contributed by atoms with E-state index in [2.05, 4.69) is 17.1 Å². The van der Waals surface area contributed by atoms with Crippen LogP contribution in [0.4, 0.5) is 4.39 Å². The fraction of sp³-hybridized carbons (Fsp3) is 0.538. The SMILES string of the molecule is Cc1c(F)cccc1[C@H](C)N1CCNCC1.Cl.Cl. The number of nitrogens with zero attached hydrogens (tertiary/aromatic N) is 1. The van der Waals surface area contributed by atoms with Gasteiger partial charge in [0.2, 0.25) is 0 Å². The Morgan fingerprint density at radius 2 is 1.83 bits per heavy atom. The molecule has 1 aliphatic heterocycles. The zero-order valence-electron chi connectivity index (χ0n) is 10.8. The largest absolute Gasteiger partial charge is 0.314 e. The maximum atomic E-state index is 13.5. The van der Waals surface area contributed by atoms with Crippen LogP contribution in [0.1, 0.15) is 24.1 Å². The molecule has 1 N–H and O–H groups in total.